The fraction of sp³-hybridized carbons (Fsp3) is 0.320. The first-order valence-electron chi connectivity index (χ1n) is 11.0. The lowest BCUT2D eigenvalue weighted by Crippen LogP contribution is -2.45. The topological polar surface area (TPSA) is 87.4 Å². The summed E-state index contributed by atoms with van der Waals surface area (Å²) < 4.78 is 13.3. The zero-order valence-corrected chi connectivity index (χ0v) is 18.7. The van der Waals surface area contributed by atoms with E-state index in [1.54, 1.807) is 13.2 Å². The lowest BCUT2D eigenvalue weighted by atomic mass is 10.1. The molecule has 2 N–H and O–H groups in total. The maximum Gasteiger partial charge on any atom is 0.235 e. The minimum atomic E-state index is -0.413. The molecule has 5 rings (SSSR count). The summed E-state index contributed by atoms with van der Waals surface area (Å²) in [5.41, 5.74) is 1.93. The van der Waals surface area contributed by atoms with Crippen molar-refractivity contribution in [2.45, 2.75) is 6.54 Å². The molecular formula is C25H27N3O5. The molecule has 0 atom stereocenters. The molecule has 172 valence electrons. The highest BCUT2D eigenvalue weighted by Crippen LogP contribution is 2.41. The average molecular weight is 450 g/mol. The maximum atomic E-state index is 12.9. The zero-order valence-electron chi connectivity index (χ0n) is 18.7. The van der Waals surface area contributed by atoms with Crippen molar-refractivity contribution in [1.29, 1.82) is 0 Å². The molecule has 2 aromatic carbocycles. The van der Waals surface area contributed by atoms with Gasteiger partial charge in [-0.3, -0.25) is 9.69 Å². The van der Waals surface area contributed by atoms with Crippen LogP contribution in [0.4, 0.5) is 0 Å². The maximum absolute atomic E-state index is 12.9. The number of rotatable bonds is 5. The molecule has 3 heterocycles. The number of ketones is 1. The summed E-state index contributed by atoms with van der Waals surface area (Å²) in [6.07, 6.45) is 3.71. The van der Waals surface area contributed by atoms with Gasteiger partial charge < -0.3 is 29.2 Å². The van der Waals surface area contributed by atoms with E-state index in [-0.39, 0.29) is 28.6 Å². The molecule has 0 amide bonds. The predicted molar refractivity (Wildman–Crippen MR) is 125 cm³/mol. The molecule has 0 radical (unpaired) electrons. The van der Waals surface area contributed by atoms with Gasteiger partial charge in [-0.2, -0.15) is 0 Å². The molecule has 0 aliphatic carbocycles. The SMILES string of the molecule is COc1ccc2c(c1)c(/C=C1\Oc3cc(O)cc(O)c3C1=O)cn2CCN1CCN(C)CC1. The molecule has 2 aliphatic rings. The highest BCUT2D eigenvalue weighted by Gasteiger charge is 2.31. The molecule has 0 bridgehead atoms. The summed E-state index contributed by atoms with van der Waals surface area (Å²) in [6.45, 7) is 6.01. The first kappa shape index (κ1) is 21.4. The van der Waals surface area contributed by atoms with Gasteiger partial charge in [0.15, 0.2) is 5.76 Å². The number of hydrogen-bond donors (Lipinski definition) is 2. The van der Waals surface area contributed by atoms with Crippen molar-refractivity contribution in [1.82, 2.24) is 14.4 Å². The van der Waals surface area contributed by atoms with Gasteiger partial charge in [-0.1, -0.05) is 0 Å². The van der Waals surface area contributed by atoms with E-state index in [4.69, 9.17) is 9.47 Å². The van der Waals surface area contributed by atoms with Crippen LogP contribution in [0.1, 0.15) is 15.9 Å². The molecule has 1 saturated heterocycles. The number of methoxy groups -OCH3 is 1. The number of Topliss-reactive ketones (excluding diaryl/α,β-unsaturated/α-hetero) is 1. The molecular weight excluding hydrogens is 422 g/mol. The Morgan fingerprint density at radius 3 is 2.64 bits per heavy atom. The molecule has 2 aliphatic heterocycles. The molecule has 0 saturated carbocycles. The van der Waals surface area contributed by atoms with E-state index >= 15 is 0 Å². The van der Waals surface area contributed by atoms with Crippen molar-refractivity contribution in [2.75, 3.05) is 46.9 Å². The predicted octanol–water partition coefficient (Wildman–Crippen LogP) is 2.92. The number of phenols is 2. The normalized spacial score (nSPS) is 18.1. The molecule has 33 heavy (non-hydrogen) atoms. The molecule has 1 aromatic heterocycles. The van der Waals surface area contributed by atoms with Crippen LogP contribution >= 0.6 is 0 Å². The van der Waals surface area contributed by atoms with Crippen molar-refractivity contribution in [2.24, 2.45) is 0 Å². The number of hydrogen-bond acceptors (Lipinski definition) is 7. The van der Waals surface area contributed by atoms with Crippen molar-refractivity contribution in [3.05, 3.63) is 53.4 Å². The van der Waals surface area contributed by atoms with Crippen molar-refractivity contribution < 1.29 is 24.5 Å². The molecule has 0 spiro atoms. The number of carbonyl (C=O) groups excluding carboxylic acids is 1. The van der Waals surface area contributed by atoms with Gasteiger partial charge in [0.1, 0.15) is 28.6 Å². The minimum Gasteiger partial charge on any atom is -0.508 e. The molecule has 1 fully saturated rings. The van der Waals surface area contributed by atoms with Crippen LogP contribution in [-0.4, -0.2) is 77.2 Å². The Balaban J connectivity index is 1.48. The Bertz CT molecular complexity index is 1250. The quantitative estimate of drug-likeness (QED) is 0.579. The number of likely N-dealkylation sites (N-methyl/N-ethyl adjacent to an activating group) is 1. The van der Waals surface area contributed by atoms with Crippen LogP contribution in [0.5, 0.6) is 23.0 Å². The van der Waals surface area contributed by atoms with Gasteiger partial charge in [0.25, 0.3) is 0 Å². The van der Waals surface area contributed by atoms with Gasteiger partial charge in [0, 0.05) is 74.1 Å². The number of ether oxygens (including phenoxy) is 2. The van der Waals surface area contributed by atoms with E-state index in [2.05, 4.69) is 21.4 Å². The average Bonchev–Trinajstić information content (AvgIpc) is 3.30. The lowest BCUT2D eigenvalue weighted by Gasteiger charge is -2.32. The van der Waals surface area contributed by atoms with E-state index in [9.17, 15) is 15.0 Å². The molecule has 3 aromatic rings. The second-order valence-electron chi connectivity index (χ2n) is 8.58. The molecule has 0 unspecified atom stereocenters. The Hall–Kier alpha value is -3.49. The number of phenolic OH excluding ortho intramolecular Hbond substituents is 2. The third-order valence-corrected chi connectivity index (χ3v) is 6.40. The second-order valence-corrected chi connectivity index (χ2v) is 8.58. The standard InChI is InChI=1S/C25H27N3O5/c1-26-5-7-27(8-6-26)9-10-28-15-16(19-14-18(32-2)3-4-20(19)28)11-23-25(31)24-21(30)12-17(29)13-22(24)33-23/h3-4,11-15,29-30H,5-10H2,1-2H3/b23-11-. The van der Waals surface area contributed by atoms with Crippen molar-refractivity contribution in [3.63, 3.8) is 0 Å². The fourth-order valence-corrected chi connectivity index (χ4v) is 4.47. The zero-order chi connectivity index (χ0) is 23.1. The van der Waals surface area contributed by atoms with E-state index in [1.165, 1.54) is 6.07 Å². The Kier molecular flexibility index (Phi) is 5.47. The first-order valence-corrected chi connectivity index (χ1v) is 11.0. The Labute approximate surface area is 191 Å². The largest absolute Gasteiger partial charge is 0.508 e. The molecule has 8 heteroatoms. The number of aromatic nitrogens is 1. The number of allylic oxidation sites excluding steroid dienone is 1. The third-order valence-electron chi connectivity index (χ3n) is 6.40. The number of carbonyl (C=O) groups is 1. The number of fused-ring (bicyclic) bond motifs is 2. The van der Waals surface area contributed by atoms with Crippen LogP contribution in [-0.2, 0) is 6.54 Å². The van der Waals surface area contributed by atoms with E-state index in [0.29, 0.717) is 0 Å². The summed E-state index contributed by atoms with van der Waals surface area (Å²) in [6, 6.07) is 8.37. The number of nitrogens with zero attached hydrogens (tertiary/aromatic N) is 3. The van der Waals surface area contributed by atoms with E-state index < -0.39 is 5.78 Å². The van der Waals surface area contributed by atoms with Crippen LogP contribution in [0, 0.1) is 0 Å². The van der Waals surface area contributed by atoms with Crippen molar-refractivity contribution in [3.8, 4) is 23.0 Å². The summed E-state index contributed by atoms with van der Waals surface area (Å²) in [4.78, 5) is 17.7. The highest BCUT2D eigenvalue weighted by molar-refractivity contribution is 6.16. The lowest BCUT2D eigenvalue weighted by molar-refractivity contribution is 0.101. The summed E-state index contributed by atoms with van der Waals surface area (Å²) in [5, 5.41) is 20.8. The Morgan fingerprint density at radius 1 is 1.09 bits per heavy atom. The monoisotopic (exact) mass is 449 g/mol. The van der Waals surface area contributed by atoms with Gasteiger partial charge in [-0.15, -0.1) is 0 Å². The van der Waals surface area contributed by atoms with Gasteiger partial charge in [-0.25, -0.2) is 0 Å². The van der Waals surface area contributed by atoms with E-state index in [1.807, 2.05) is 24.4 Å². The van der Waals surface area contributed by atoms with Crippen LogP contribution < -0.4 is 9.47 Å². The first-order chi connectivity index (χ1) is 15.9. The summed E-state index contributed by atoms with van der Waals surface area (Å²) in [5.74, 6) is 0.111. The van der Waals surface area contributed by atoms with Crippen LogP contribution in [0.25, 0.3) is 17.0 Å². The fourth-order valence-electron chi connectivity index (χ4n) is 4.47. The van der Waals surface area contributed by atoms with Gasteiger partial charge in [0.05, 0.1) is 7.11 Å². The van der Waals surface area contributed by atoms with Crippen LogP contribution in [0.15, 0.2) is 42.3 Å². The van der Waals surface area contributed by atoms with Crippen LogP contribution in [0.3, 0.4) is 0 Å². The van der Waals surface area contributed by atoms with Gasteiger partial charge in [-0.05, 0) is 31.3 Å². The second kappa shape index (κ2) is 8.46. The van der Waals surface area contributed by atoms with Gasteiger partial charge in [0.2, 0.25) is 5.78 Å². The summed E-state index contributed by atoms with van der Waals surface area (Å²) in [7, 11) is 3.77. The number of benzene rings is 2. The number of piperazine rings is 1. The number of aromatic hydroxyl groups is 2. The Morgan fingerprint density at radius 2 is 1.88 bits per heavy atom. The van der Waals surface area contributed by atoms with Crippen molar-refractivity contribution >= 4 is 22.8 Å². The van der Waals surface area contributed by atoms with E-state index in [0.717, 1.165) is 67.6 Å². The van der Waals surface area contributed by atoms with Gasteiger partial charge >= 0.3 is 0 Å². The molecule has 8 nitrogen and oxygen atoms in total. The smallest absolute Gasteiger partial charge is 0.235 e. The highest BCUT2D eigenvalue weighted by atomic mass is 16.5. The summed E-state index contributed by atoms with van der Waals surface area (Å²) >= 11 is 0. The van der Waals surface area contributed by atoms with Crippen LogP contribution in [0.2, 0.25) is 0 Å². The third kappa shape index (κ3) is 4.03. The minimum absolute atomic E-state index is 0.0652.